The standard InChI is InChI=1S/C23H20I2N2O7S/c1-23(2,3)34-19(28)11-26-21(29)18(35-22(26)30)10-14-8-16(24)20(17(25)9-14)33-12-13-5-4-6-15(7-13)27(31)32/h4-10H,11-12H2,1-3H3. The van der Waals surface area contributed by atoms with Gasteiger partial charge in [0, 0.05) is 12.1 Å². The molecule has 12 heteroatoms. The molecular formula is C23H20I2N2O7S. The Bertz CT molecular complexity index is 1220. The van der Waals surface area contributed by atoms with Crippen LogP contribution in [0.5, 0.6) is 5.75 Å². The van der Waals surface area contributed by atoms with E-state index in [2.05, 4.69) is 45.2 Å². The fourth-order valence-electron chi connectivity index (χ4n) is 3.01. The maximum Gasteiger partial charge on any atom is 0.326 e. The number of esters is 1. The molecule has 0 aromatic heterocycles. The molecule has 0 atom stereocenters. The molecule has 1 saturated heterocycles. The second-order valence-corrected chi connectivity index (χ2v) is 11.7. The molecule has 0 aliphatic carbocycles. The summed E-state index contributed by atoms with van der Waals surface area (Å²) in [5, 5.41) is 10.4. The van der Waals surface area contributed by atoms with E-state index in [1.54, 1.807) is 51.1 Å². The van der Waals surface area contributed by atoms with Crippen molar-refractivity contribution in [3.05, 3.63) is 69.7 Å². The van der Waals surface area contributed by atoms with Crippen molar-refractivity contribution in [1.29, 1.82) is 0 Å². The fraction of sp³-hybridized carbons (Fsp3) is 0.261. The Morgan fingerprint density at radius 2 is 1.83 bits per heavy atom. The highest BCUT2D eigenvalue weighted by atomic mass is 127. The second kappa shape index (κ2) is 11.2. The molecule has 1 aliphatic rings. The molecule has 0 radical (unpaired) electrons. The van der Waals surface area contributed by atoms with E-state index in [0.717, 1.165) is 23.8 Å². The predicted molar refractivity (Wildman–Crippen MR) is 148 cm³/mol. The number of halogens is 2. The summed E-state index contributed by atoms with van der Waals surface area (Å²) in [6, 6.07) is 9.82. The summed E-state index contributed by atoms with van der Waals surface area (Å²) >= 11 is 4.97. The van der Waals surface area contributed by atoms with Crippen LogP contribution in [0.3, 0.4) is 0 Å². The number of rotatable bonds is 7. The van der Waals surface area contributed by atoms with E-state index in [1.165, 1.54) is 12.1 Å². The molecule has 2 aromatic rings. The first-order valence-corrected chi connectivity index (χ1v) is 13.1. The summed E-state index contributed by atoms with van der Waals surface area (Å²) in [5.41, 5.74) is 0.616. The molecule has 0 unspecified atom stereocenters. The van der Waals surface area contributed by atoms with Crippen LogP contribution in [-0.2, 0) is 20.9 Å². The van der Waals surface area contributed by atoms with Gasteiger partial charge in [0.15, 0.2) is 0 Å². The van der Waals surface area contributed by atoms with Gasteiger partial charge < -0.3 is 9.47 Å². The van der Waals surface area contributed by atoms with E-state index in [4.69, 9.17) is 9.47 Å². The molecular weight excluding hydrogens is 702 g/mol. The average molecular weight is 722 g/mol. The highest BCUT2D eigenvalue weighted by Crippen LogP contribution is 2.35. The summed E-state index contributed by atoms with van der Waals surface area (Å²) < 4.78 is 12.6. The van der Waals surface area contributed by atoms with Crippen molar-refractivity contribution in [3.63, 3.8) is 0 Å². The third-order valence-corrected chi connectivity index (χ3v) is 6.91. The molecule has 1 heterocycles. The number of benzene rings is 2. The van der Waals surface area contributed by atoms with Gasteiger partial charge >= 0.3 is 5.97 Å². The lowest BCUT2D eigenvalue weighted by Gasteiger charge is -2.21. The zero-order chi connectivity index (χ0) is 25.9. The number of nitro groups is 1. The van der Waals surface area contributed by atoms with Gasteiger partial charge in [0.25, 0.3) is 16.8 Å². The Morgan fingerprint density at radius 3 is 2.43 bits per heavy atom. The SMILES string of the molecule is CC(C)(C)OC(=O)CN1C(=O)SC(=Cc2cc(I)c(OCc3cccc([N+](=O)[O-])c3)c(I)c2)C1=O. The van der Waals surface area contributed by atoms with Gasteiger partial charge in [-0.1, -0.05) is 12.1 Å². The normalized spacial score (nSPS) is 15.0. The van der Waals surface area contributed by atoms with E-state index in [9.17, 15) is 24.5 Å². The molecule has 0 bridgehead atoms. The molecule has 2 aromatic carbocycles. The monoisotopic (exact) mass is 722 g/mol. The number of amides is 2. The minimum Gasteiger partial charge on any atom is -0.487 e. The lowest BCUT2D eigenvalue weighted by molar-refractivity contribution is -0.384. The summed E-state index contributed by atoms with van der Waals surface area (Å²) in [6.45, 7) is 4.83. The van der Waals surface area contributed by atoms with Crippen molar-refractivity contribution >= 4 is 85.8 Å². The Hall–Kier alpha value is -2.20. The number of ether oxygens (including phenoxy) is 2. The van der Waals surface area contributed by atoms with Gasteiger partial charge in [-0.05, 0) is 107 Å². The number of thioether (sulfide) groups is 1. The van der Waals surface area contributed by atoms with Crippen molar-refractivity contribution in [2.24, 2.45) is 0 Å². The van der Waals surface area contributed by atoms with Crippen LogP contribution in [0.4, 0.5) is 10.5 Å². The number of imide groups is 1. The van der Waals surface area contributed by atoms with Crippen molar-refractivity contribution in [1.82, 2.24) is 4.90 Å². The number of carbonyl (C=O) groups excluding carboxylic acids is 3. The largest absolute Gasteiger partial charge is 0.487 e. The number of hydrogen-bond donors (Lipinski definition) is 0. The highest BCUT2D eigenvalue weighted by molar-refractivity contribution is 14.1. The number of nitrogens with zero attached hydrogens (tertiary/aromatic N) is 2. The molecule has 0 saturated carbocycles. The van der Waals surface area contributed by atoms with Crippen molar-refractivity contribution in [2.45, 2.75) is 33.0 Å². The predicted octanol–water partition coefficient (Wildman–Crippen LogP) is 5.76. The average Bonchev–Trinajstić information content (AvgIpc) is 2.99. The first kappa shape index (κ1) is 27.4. The molecule has 0 N–H and O–H groups in total. The zero-order valence-corrected chi connectivity index (χ0v) is 24.0. The van der Waals surface area contributed by atoms with E-state index in [1.807, 2.05) is 0 Å². The van der Waals surface area contributed by atoms with Gasteiger partial charge in [-0.3, -0.25) is 29.4 Å². The topological polar surface area (TPSA) is 116 Å². The first-order chi connectivity index (χ1) is 16.3. The van der Waals surface area contributed by atoms with Crippen molar-refractivity contribution in [2.75, 3.05) is 6.54 Å². The third-order valence-electron chi connectivity index (χ3n) is 4.40. The van der Waals surface area contributed by atoms with Gasteiger partial charge in [-0.2, -0.15) is 0 Å². The van der Waals surface area contributed by atoms with Crippen LogP contribution in [0, 0.1) is 17.3 Å². The van der Waals surface area contributed by atoms with Crippen LogP contribution in [0.25, 0.3) is 6.08 Å². The lowest BCUT2D eigenvalue weighted by atomic mass is 10.2. The molecule has 3 rings (SSSR count). The highest BCUT2D eigenvalue weighted by Gasteiger charge is 2.37. The zero-order valence-electron chi connectivity index (χ0n) is 18.9. The molecule has 184 valence electrons. The van der Waals surface area contributed by atoms with E-state index in [0.29, 0.717) is 16.9 Å². The molecule has 1 fully saturated rings. The Kier molecular flexibility index (Phi) is 8.80. The molecule has 9 nitrogen and oxygen atoms in total. The van der Waals surface area contributed by atoms with Gasteiger partial charge in [0.05, 0.1) is 17.0 Å². The number of hydrogen-bond acceptors (Lipinski definition) is 8. The maximum atomic E-state index is 12.7. The quantitative estimate of drug-likeness (QED) is 0.117. The second-order valence-electron chi connectivity index (χ2n) is 8.38. The molecule has 1 aliphatic heterocycles. The summed E-state index contributed by atoms with van der Waals surface area (Å²) in [6.07, 6.45) is 1.59. The Balaban J connectivity index is 1.73. The summed E-state index contributed by atoms with van der Waals surface area (Å²) in [4.78, 5) is 48.7. The molecule has 35 heavy (non-hydrogen) atoms. The van der Waals surface area contributed by atoms with Gasteiger partial charge in [-0.25, -0.2) is 0 Å². The number of carbonyl (C=O) groups is 3. The Morgan fingerprint density at radius 1 is 1.17 bits per heavy atom. The van der Waals surface area contributed by atoms with Crippen LogP contribution in [0.2, 0.25) is 0 Å². The first-order valence-electron chi connectivity index (χ1n) is 10.2. The minimum atomic E-state index is -0.721. The molecule has 0 spiro atoms. The van der Waals surface area contributed by atoms with Gasteiger partial charge in [0.2, 0.25) is 0 Å². The minimum absolute atomic E-state index is 0.00791. The lowest BCUT2D eigenvalue weighted by Crippen LogP contribution is -2.37. The van der Waals surface area contributed by atoms with Crippen LogP contribution in [-0.4, -0.2) is 39.1 Å². The van der Waals surface area contributed by atoms with Crippen LogP contribution < -0.4 is 4.74 Å². The van der Waals surface area contributed by atoms with Gasteiger partial charge in [0.1, 0.15) is 24.5 Å². The maximum absolute atomic E-state index is 12.7. The fourth-order valence-corrected chi connectivity index (χ4v) is 5.97. The Labute approximate surface area is 233 Å². The van der Waals surface area contributed by atoms with Crippen LogP contribution in [0.1, 0.15) is 31.9 Å². The summed E-state index contributed by atoms with van der Waals surface area (Å²) in [7, 11) is 0. The number of nitro benzene ring substituents is 1. The van der Waals surface area contributed by atoms with Crippen LogP contribution in [0.15, 0.2) is 41.3 Å². The third kappa shape index (κ3) is 7.39. The number of non-ortho nitro benzene ring substituents is 1. The molecule has 2 amide bonds. The van der Waals surface area contributed by atoms with E-state index in [-0.39, 0.29) is 17.2 Å². The van der Waals surface area contributed by atoms with E-state index >= 15 is 0 Å². The summed E-state index contributed by atoms with van der Waals surface area (Å²) in [5.74, 6) is -0.606. The van der Waals surface area contributed by atoms with Crippen LogP contribution >= 0.6 is 56.9 Å². The van der Waals surface area contributed by atoms with Crippen molar-refractivity contribution < 1.29 is 28.8 Å². The van der Waals surface area contributed by atoms with Crippen molar-refractivity contribution in [3.8, 4) is 5.75 Å². The smallest absolute Gasteiger partial charge is 0.326 e. The van der Waals surface area contributed by atoms with E-state index < -0.39 is 34.2 Å². The van der Waals surface area contributed by atoms with Gasteiger partial charge in [-0.15, -0.1) is 0 Å².